The Labute approximate surface area is 102 Å². The Morgan fingerprint density at radius 2 is 2.12 bits per heavy atom. The average Bonchev–Trinajstić information content (AvgIpc) is 2.28. The molecule has 2 N–H and O–H groups in total. The van der Waals surface area contributed by atoms with Gasteiger partial charge in [0.25, 0.3) is 0 Å². The molecule has 88 valence electrons. The van der Waals surface area contributed by atoms with Gasteiger partial charge >= 0.3 is 0 Å². The number of thioether (sulfide) groups is 1. The molecule has 1 aliphatic heterocycles. The normalized spacial score (nSPS) is 22.2. The smallest absolute Gasteiger partial charge is 0.0314 e. The summed E-state index contributed by atoms with van der Waals surface area (Å²) in [4.78, 5) is 2.43. The Hall–Kier alpha value is -0.670. The van der Waals surface area contributed by atoms with Crippen molar-refractivity contribution >= 4 is 17.4 Å². The van der Waals surface area contributed by atoms with Crippen LogP contribution in [0.4, 0.5) is 5.69 Å². The fraction of sp³-hybridized carbons (Fsp3) is 0.538. The number of benzene rings is 1. The van der Waals surface area contributed by atoms with Crippen LogP contribution in [0.3, 0.4) is 0 Å². The van der Waals surface area contributed by atoms with E-state index in [1.54, 1.807) is 0 Å². The van der Waals surface area contributed by atoms with Crippen LogP contribution < -0.4 is 5.73 Å². The fourth-order valence-electron chi connectivity index (χ4n) is 2.08. The van der Waals surface area contributed by atoms with Gasteiger partial charge in [0.15, 0.2) is 0 Å². The van der Waals surface area contributed by atoms with Gasteiger partial charge in [-0.15, -0.1) is 0 Å². The fourth-order valence-corrected chi connectivity index (χ4v) is 3.40. The molecule has 0 amide bonds. The van der Waals surface area contributed by atoms with E-state index in [1.807, 2.05) is 12.1 Å². The molecule has 1 saturated heterocycles. The molecule has 0 radical (unpaired) electrons. The summed E-state index contributed by atoms with van der Waals surface area (Å²) in [7, 11) is 2.22. The van der Waals surface area contributed by atoms with E-state index < -0.39 is 0 Å². The van der Waals surface area contributed by atoms with Crippen molar-refractivity contribution in [2.75, 3.05) is 25.9 Å². The first-order chi connectivity index (χ1) is 7.74. The summed E-state index contributed by atoms with van der Waals surface area (Å²) in [6, 6.07) is 8.25. The highest BCUT2D eigenvalue weighted by Gasteiger charge is 2.17. The zero-order valence-corrected chi connectivity index (χ0v) is 10.7. The van der Waals surface area contributed by atoms with Crippen LogP contribution in [0.2, 0.25) is 0 Å². The minimum atomic E-state index is 0.802. The molecule has 0 aromatic heterocycles. The van der Waals surface area contributed by atoms with Gasteiger partial charge in [0.05, 0.1) is 0 Å². The molecule has 16 heavy (non-hydrogen) atoms. The van der Waals surface area contributed by atoms with Gasteiger partial charge in [-0.05, 0) is 44.1 Å². The Balaban J connectivity index is 1.80. The first-order valence-electron chi connectivity index (χ1n) is 5.88. The van der Waals surface area contributed by atoms with Gasteiger partial charge in [0.2, 0.25) is 0 Å². The molecule has 2 rings (SSSR count). The second-order valence-corrected chi connectivity index (χ2v) is 5.87. The molecule has 1 atom stereocenters. The van der Waals surface area contributed by atoms with E-state index >= 15 is 0 Å². The summed E-state index contributed by atoms with van der Waals surface area (Å²) in [6.45, 7) is 2.50. The van der Waals surface area contributed by atoms with Crippen LogP contribution in [0, 0.1) is 0 Å². The van der Waals surface area contributed by atoms with Crippen LogP contribution >= 0.6 is 11.8 Å². The van der Waals surface area contributed by atoms with Crippen LogP contribution in [0.1, 0.15) is 18.4 Å². The SMILES string of the molecule is CN1CCCC(SCc2ccc(N)cc2)C1. The van der Waals surface area contributed by atoms with Crippen LogP contribution in [-0.4, -0.2) is 30.3 Å². The van der Waals surface area contributed by atoms with Crippen LogP contribution in [0.5, 0.6) is 0 Å². The summed E-state index contributed by atoms with van der Waals surface area (Å²) >= 11 is 2.08. The third kappa shape index (κ3) is 3.42. The van der Waals surface area contributed by atoms with Crippen LogP contribution in [0.25, 0.3) is 0 Å². The number of piperidine rings is 1. The van der Waals surface area contributed by atoms with Gasteiger partial charge in [0, 0.05) is 23.2 Å². The molecule has 1 fully saturated rings. The van der Waals surface area contributed by atoms with Gasteiger partial charge in [-0.2, -0.15) is 11.8 Å². The number of likely N-dealkylation sites (tertiary alicyclic amines) is 1. The summed E-state index contributed by atoms with van der Waals surface area (Å²) in [5, 5.41) is 0.802. The van der Waals surface area contributed by atoms with E-state index in [2.05, 4.69) is 35.8 Å². The maximum Gasteiger partial charge on any atom is 0.0314 e. The second-order valence-electron chi connectivity index (χ2n) is 4.58. The predicted molar refractivity (Wildman–Crippen MR) is 72.7 cm³/mol. The van der Waals surface area contributed by atoms with E-state index in [-0.39, 0.29) is 0 Å². The van der Waals surface area contributed by atoms with Gasteiger partial charge in [-0.3, -0.25) is 0 Å². The third-order valence-electron chi connectivity index (χ3n) is 3.05. The molecule has 0 spiro atoms. The first kappa shape index (κ1) is 11.8. The zero-order chi connectivity index (χ0) is 11.4. The lowest BCUT2D eigenvalue weighted by Gasteiger charge is -2.29. The highest BCUT2D eigenvalue weighted by atomic mass is 32.2. The summed E-state index contributed by atoms with van der Waals surface area (Å²) < 4.78 is 0. The Morgan fingerprint density at radius 1 is 1.38 bits per heavy atom. The molecule has 1 aliphatic rings. The van der Waals surface area contributed by atoms with Gasteiger partial charge < -0.3 is 10.6 Å². The molecule has 1 aromatic rings. The maximum atomic E-state index is 5.67. The average molecular weight is 236 g/mol. The van der Waals surface area contributed by atoms with E-state index in [0.29, 0.717) is 0 Å². The molecule has 0 saturated carbocycles. The summed E-state index contributed by atoms with van der Waals surface area (Å²) in [5.74, 6) is 1.11. The number of nitrogens with two attached hydrogens (primary N) is 1. The van der Waals surface area contributed by atoms with Gasteiger partial charge in [-0.25, -0.2) is 0 Å². The van der Waals surface area contributed by atoms with Crippen molar-refractivity contribution in [3.8, 4) is 0 Å². The molecular formula is C13H20N2S. The van der Waals surface area contributed by atoms with E-state index in [1.165, 1.54) is 31.5 Å². The molecular weight excluding hydrogens is 216 g/mol. The summed E-state index contributed by atoms with van der Waals surface area (Å²) in [5.41, 5.74) is 7.91. The second kappa shape index (κ2) is 5.60. The number of nitrogen functional groups attached to an aromatic ring is 1. The topological polar surface area (TPSA) is 29.3 Å². The molecule has 0 aliphatic carbocycles. The molecule has 1 unspecified atom stereocenters. The van der Waals surface area contributed by atoms with Crippen molar-refractivity contribution in [1.29, 1.82) is 0 Å². The number of nitrogens with zero attached hydrogens (tertiary/aromatic N) is 1. The van der Waals surface area contributed by atoms with Crippen LogP contribution in [0.15, 0.2) is 24.3 Å². The lowest BCUT2D eigenvalue weighted by molar-refractivity contribution is 0.283. The number of anilines is 1. The minimum absolute atomic E-state index is 0.802. The monoisotopic (exact) mass is 236 g/mol. The zero-order valence-electron chi connectivity index (χ0n) is 9.86. The maximum absolute atomic E-state index is 5.67. The largest absolute Gasteiger partial charge is 0.399 e. The van der Waals surface area contributed by atoms with E-state index in [9.17, 15) is 0 Å². The predicted octanol–water partition coefficient (Wildman–Crippen LogP) is 2.60. The quantitative estimate of drug-likeness (QED) is 0.818. The highest BCUT2D eigenvalue weighted by Crippen LogP contribution is 2.25. The standard InChI is InChI=1S/C13H20N2S/c1-15-8-2-3-13(9-15)16-10-11-4-6-12(14)7-5-11/h4-7,13H,2-3,8-10,14H2,1H3. The Bertz CT molecular complexity index is 323. The van der Waals surface area contributed by atoms with E-state index in [4.69, 9.17) is 5.73 Å². The van der Waals surface area contributed by atoms with Gasteiger partial charge in [-0.1, -0.05) is 12.1 Å². The molecule has 1 aromatic carbocycles. The summed E-state index contributed by atoms with van der Waals surface area (Å²) in [6.07, 6.45) is 2.71. The molecule has 3 heteroatoms. The number of rotatable bonds is 3. The minimum Gasteiger partial charge on any atom is -0.399 e. The van der Waals surface area contributed by atoms with Crippen molar-refractivity contribution < 1.29 is 0 Å². The lowest BCUT2D eigenvalue weighted by Crippen LogP contribution is -2.33. The van der Waals surface area contributed by atoms with Gasteiger partial charge in [0.1, 0.15) is 0 Å². The highest BCUT2D eigenvalue weighted by molar-refractivity contribution is 7.99. The lowest BCUT2D eigenvalue weighted by atomic mass is 10.1. The van der Waals surface area contributed by atoms with E-state index in [0.717, 1.165) is 16.7 Å². The molecule has 1 heterocycles. The Kier molecular flexibility index (Phi) is 4.13. The van der Waals surface area contributed by atoms with Crippen molar-refractivity contribution in [3.05, 3.63) is 29.8 Å². The molecule has 2 nitrogen and oxygen atoms in total. The molecule has 0 bridgehead atoms. The van der Waals surface area contributed by atoms with Crippen molar-refractivity contribution in [1.82, 2.24) is 4.90 Å². The van der Waals surface area contributed by atoms with Crippen molar-refractivity contribution in [3.63, 3.8) is 0 Å². The third-order valence-corrected chi connectivity index (χ3v) is 4.40. The van der Waals surface area contributed by atoms with Crippen LogP contribution in [-0.2, 0) is 5.75 Å². The Morgan fingerprint density at radius 3 is 2.81 bits per heavy atom. The number of hydrogen-bond acceptors (Lipinski definition) is 3. The number of hydrogen-bond donors (Lipinski definition) is 1. The van der Waals surface area contributed by atoms with Crippen molar-refractivity contribution in [2.24, 2.45) is 0 Å². The van der Waals surface area contributed by atoms with Crippen molar-refractivity contribution in [2.45, 2.75) is 23.8 Å². The first-order valence-corrected chi connectivity index (χ1v) is 6.93.